The number of carbonyl (C=O) groups is 1. The molecule has 170 valence electrons. The van der Waals surface area contributed by atoms with E-state index in [2.05, 4.69) is 39.9 Å². The molecule has 5 rings (SSSR count). The van der Waals surface area contributed by atoms with Crippen molar-refractivity contribution in [2.45, 2.75) is 52.2 Å². The van der Waals surface area contributed by atoms with Crippen LogP contribution in [0.4, 0.5) is 0 Å². The fourth-order valence-electron chi connectivity index (χ4n) is 4.95. The van der Waals surface area contributed by atoms with E-state index in [4.69, 9.17) is 9.97 Å². The minimum absolute atomic E-state index is 0.0311. The standard InChI is InChI=1S/C27H31N5O/c1-4-32-25-12-8-7-11-23(25)30-26(32)17-31-14-13-19(16-31)24-15-21(27(33)28-18(2)3)20-9-5-6-10-22(20)29-24/h5-12,15,18-19H,4,13-14,16-17H2,1-3H3,(H,28,33). The molecule has 1 fully saturated rings. The zero-order valence-corrected chi connectivity index (χ0v) is 19.6. The molecule has 1 unspecified atom stereocenters. The second-order valence-corrected chi connectivity index (χ2v) is 9.22. The molecule has 1 atom stereocenters. The van der Waals surface area contributed by atoms with Gasteiger partial charge in [-0.1, -0.05) is 30.3 Å². The van der Waals surface area contributed by atoms with E-state index in [1.165, 1.54) is 5.52 Å². The summed E-state index contributed by atoms with van der Waals surface area (Å²) in [5.41, 5.74) is 4.87. The van der Waals surface area contributed by atoms with Gasteiger partial charge in [0.25, 0.3) is 5.91 Å². The largest absolute Gasteiger partial charge is 0.350 e. The van der Waals surface area contributed by atoms with Gasteiger partial charge >= 0.3 is 0 Å². The molecular weight excluding hydrogens is 410 g/mol. The number of imidazole rings is 1. The van der Waals surface area contributed by atoms with Gasteiger partial charge < -0.3 is 9.88 Å². The number of hydrogen-bond acceptors (Lipinski definition) is 4. The summed E-state index contributed by atoms with van der Waals surface area (Å²) in [6.07, 6.45) is 1.03. The fraction of sp³-hybridized carbons (Fsp3) is 0.370. The molecule has 1 aliphatic rings. The van der Waals surface area contributed by atoms with Crippen molar-refractivity contribution in [2.75, 3.05) is 13.1 Å². The molecule has 0 bridgehead atoms. The van der Waals surface area contributed by atoms with Crippen LogP contribution in [0.3, 0.4) is 0 Å². The lowest BCUT2D eigenvalue weighted by atomic mass is 9.99. The maximum Gasteiger partial charge on any atom is 0.252 e. The van der Waals surface area contributed by atoms with Crippen LogP contribution in [-0.2, 0) is 13.1 Å². The van der Waals surface area contributed by atoms with Crippen LogP contribution in [0.2, 0.25) is 0 Å². The number of pyridine rings is 1. The zero-order chi connectivity index (χ0) is 22.9. The minimum Gasteiger partial charge on any atom is -0.350 e. The molecule has 0 saturated carbocycles. The number of aryl methyl sites for hydroxylation is 1. The molecule has 6 nitrogen and oxygen atoms in total. The van der Waals surface area contributed by atoms with Crippen molar-refractivity contribution in [2.24, 2.45) is 0 Å². The van der Waals surface area contributed by atoms with E-state index in [1.54, 1.807) is 0 Å². The molecule has 0 aliphatic carbocycles. The third-order valence-electron chi connectivity index (χ3n) is 6.51. The van der Waals surface area contributed by atoms with E-state index in [0.29, 0.717) is 5.92 Å². The maximum absolute atomic E-state index is 12.9. The van der Waals surface area contributed by atoms with Crippen LogP contribution in [0.1, 0.15) is 55.0 Å². The number of hydrogen-bond donors (Lipinski definition) is 1. The Morgan fingerprint density at radius 3 is 2.64 bits per heavy atom. The lowest BCUT2D eigenvalue weighted by Crippen LogP contribution is -2.30. The molecule has 1 amide bonds. The highest BCUT2D eigenvalue weighted by molar-refractivity contribution is 6.06. The number of benzene rings is 2. The molecule has 2 aromatic carbocycles. The molecule has 33 heavy (non-hydrogen) atoms. The summed E-state index contributed by atoms with van der Waals surface area (Å²) in [6.45, 7) is 9.80. The third kappa shape index (κ3) is 4.23. The van der Waals surface area contributed by atoms with Gasteiger partial charge in [-0.2, -0.15) is 0 Å². The Balaban J connectivity index is 1.40. The predicted molar refractivity (Wildman–Crippen MR) is 132 cm³/mol. The lowest BCUT2D eigenvalue weighted by Gasteiger charge is -2.17. The summed E-state index contributed by atoms with van der Waals surface area (Å²) in [5.74, 6) is 1.39. The molecule has 4 aromatic rings. The number of para-hydroxylation sites is 3. The summed E-state index contributed by atoms with van der Waals surface area (Å²) in [7, 11) is 0. The summed E-state index contributed by atoms with van der Waals surface area (Å²) < 4.78 is 2.31. The van der Waals surface area contributed by atoms with Gasteiger partial charge in [0.05, 0.1) is 28.7 Å². The topological polar surface area (TPSA) is 63.1 Å². The average molecular weight is 442 g/mol. The van der Waals surface area contributed by atoms with Gasteiger partial charge in [-0.3, -0.25) is 14.7 Å². The second kappa shape index (κ2) is 8.94. The number of likely N-dealkylation sites (tertiary alicyclic amines) is 1. The minimum atomic E-state index is -0.0311. The molecule has 2 aromatic heterocycles. The van der Waals surface area contributed by atoms with Crippen molar-refractivity contribution in [1.29, 1.82) is 0 Å². The summed E-state index contributed by atoms with van der Waals surface area (Å²) in [6, 6.07) is 18.4. The fourth-order valence-corrected chi connectivity index (χ4v) is 4.95. The Morgan fingerprint density at radius 2 is 1.85 bits per heavy atom. The first-order valence-corrected chi connectivity index (χ1v) is 11.9. The number of rotatable bonds is 6. The number of aromatic nitrogens is 3. The molecule has 0 spiro atoms. The summed E-state index contributed by atoms with van der Waals surface area (Å²) in [4.78, 5) is 25.3. The van der Waals surface area contributed by atoms with E-state index in [9.17, 15) is 4.79 Å². The number of carbonyl (C=O) groups excluding carboxylic acids is 1. The smallest absolute Gasteiger partial charge is 0.252 e. The quantitative estimate of drug-likeness (QED) is 0.470. The van der Waals surface area contributed by atoms with E-state index in [-0.39, 0.29) is 11.9 Å². The van der Waals surface area contributed by atoms with Crippen molar-refractivity contribution in [3.05, 3.63) is 71.7 Å². The van der Waals surface area contributed by atoms with Crippen molar-refractivity contribution >= 4 is 27.8 Å². The van der Waals surface area contributed by atoms with Gasteiger partial charge in [-0.05, 0) is 58.0 Å². The van der Waals surface area contributed by atoms with E-state index in [0.717, 1.165) is 66.1 Å². The van der Waals surface area contributed by atoms with Crippen LogP contribution in [0.25, 0.3) is 21.9 Å². The average Bonchev–Trinajstić information content (AvgIpc) is 3.42. The molecule has 0 radical (unpaired) electrons. The molecular formula is C27H31N5O. The first kappa shape index (κ1) is 21.6. The highest BCUT2D eigenvalue weighted by Crippen LogP contribution is 2.30. The summed E-state index contributed by atoms with van der Waals surface area (Å²) >= 11 is 0. The van der Waals surface area contributed by atoms with Crippen molar-refractivity contribution in [1.82, 2.24) is 24.8 Å². The van der Waals surface area contributed by atoms with Crippen LogP contribution in [-0.4, -0.2) is 44.5 Å². The van der Waals surface area contributed by atoms with Crippen LogP contribution in [0.15, 0.2) is 54.6 Å². The SMILES string of the molecule is CCn1c(CN2CCC(c3cc(C(=O)NC(C)C)c4ccccc4n3)C2)nc2ccccc21. The Hall–Kier alpha value is -3.25. The van der Waals surface area contributed by atoms with E-state index < -0.39 is 0 Å². The number of nitrogens with zero attached hydrogens (tertiary/aromatic N) is 4. The van der Waals surface area contributed by atoms with Gasteiger partial charge in [0.1, 0.15) is 5.82 Å². The van der Waals surface area contributed by atoms with Crippen LogP contribution < -0.4 is 5.32 Å². The van der Waals surface area contributed by atoms with Gasteiger partial charge in [0, 0.05) is 36.1 Å². The van der Waals surface area contributed by atoms with Crippen LogP contribution in [0, 0.1) is 0 Å². The Bertz CT molecular complexity index is 1310. The number of fused-ring (bicyclic) bond motifs is 2. The molecule has 3 heterocycles. The van der Waals surface area contributed by atoms with Gasteiger partial charge in [-0.25, -0.2) is 4.98 Å². The highest BCUT2D eigenvalue weighted by Gasteiger charge is 2.27. The first-order valence-electron chi connectivity index (χ1n) is 11.9. The van der Waals surface area contributed by atoms with Crippen molar-refractivity contribution in [3.63, 3.8) is 0 Å². The van der Waals surface area contributed by atoms with Crippen LogP contribution >= 0.6 is 0 Å². The monoisotopic (exact) mass is 441 g/mol. The second-order valence-electron chi connectivity index (χ2n) is 9.22. The van der Waals surface area contributed by atoms with Gasteiger partial charge in [0.2, 0.25) is 0 Å². The Kier molecular flexibility index (Phi) is 5.85. The molecule has 1 aliphatic heterocycles. The lowest BCUT2D eigenvalue weighted by molar-refractivity contribution is 0.0944. The zero-order valence-electron chi connectivity index (χ0n) is 19.6. The van der Waals surface area contributed by atoms with Gasteiger partial charge in [0.15, 0.2) is 0 Å². The first-order chi connectivity index (χ1) is 16.0. The van der Waals surface area contributed by atoms with Crippen molar-refractivity contribution < 1.29 is 4.79 Å². The normalized spacial score (nSPS) is 16.8. The number of amides is 1. The molecule has 6 heteroatoms. The predicted octanol–water partition coefficient (Wildman–Crippen LogP) is 4.73. The van der Waals surface area contributed by atoms with Crippen LogP contribution in [0.5, 0.6) is 0 Å². The van der Waals surface area contributed by atoms with Gasteiger partial charge in [-0.15, -0.1) is 0 Å². The molecule has 1 saturated heterocycles. The maximum atomic E-state index is 12.9. The Labute approximate surface area is 194 Å². The Morgan fingerprint density at radius 1 is 1.09 bits per heavy atom. The number of nitrogens with one attached hydrogen (secondary N) is 1. The molecule has 1 N–H and O–H groups in total. The summed E-state index contributed by atoms with van der Waals surface area (Å²) in [5, 5.41) is 3.96. The van der Waals surface area contributed by atoms with E-state index >= 15 is 0 Å². The van der Waals surface area contributed by atoms with Crippen molar-refractivity contribution in [3.8, 4) is 0 Å². The van der Waals surface area contributed by atoms with E-state index in [1.807, 2.05) is 50.2 Å². The third-order valence-corrected chi connectivity index (χ3v) is 6.51. The highest BCUT2D eigenvalue weighted by atomic mass is 16.1.